The lowest BCUT2D eigenvalue weighted by Gasteiger charge is -2.00. The molecule has 0 saturated heterocycles. The van der Waals surface area contributed by atoms with Gasteiger partial charge in [0.05, 0.1) is 5.75 Å². The molecule has 0 aromatic carbocycles. The van der Waals surface area contributed by atoms with E-state index >= 15 is 0 Å². The molecule has 2 aromatic rings. The van der Waals surface area contributed by atoms with Gasteiger partial charge in [-0.3, -0.25) is 4.79 Å². The second-order valence-electron chi connectivity index (χ2n) is 3.74. The van der Waals surface area contributed by atoms with E-state index in [9.17, 15) is 4.79 Å². The predicted octanol–water partition coefficient (Wildman–Crippen LogP) is 1.55. The number of hydrogen-bond acceptors (Lipinski definition) is 7. The van der Waals surface area contributed by atoms with Gasteiger partial charge in [-0.2, -0.15) is 11.8 Å². The van der Waals surface area contributed by atoms with Crippen molar-refractivity contribution in [1.82, 2.24) is 15.5 Å². The van der Waals surface area contributed by atoms with E-state index in [4.69, 9.17) is 10.2 Å². The van der Waals surface area contributed by atoms with Crippen LogP contribution >= 0.6 is 23.1 Å². The smallest absolute Gasteiger partial charge is 0.287 e. The first-order chi connectivity index (χ1) is 9.19. The summed E-state index contributed by atoms with van der Waals surface area (Å²) in [7, 11) is 0. The topological polar surface area (TPSA) is 94.0 Å². The van der Waals surface area contributed by atoms with Crippen LogP contribution in [-0.4, -0.2) is 28.9 Å². The van der Waals surface area contributed by atoms with Crippen LogP contribution in [0.3, 0.4) is 0 Å². The van der Waals surface area contributed by atoms with Gasteiger partial charge in [-0.05, 0) is 18.4 Å². The summed E-state index contributed by atoms with van der Waals surface area (Å²) in [6.45, 7) is 0.478. The number of nitrogens with zero attached hydrogens (tertiary/aromatic N) is 2. The number of aromatic nitrogens is 2. The third-order valence-corrected chi connectivity index (χ3v) is 3.66. The molecule has 6 nitrogen and oxygen atoms in total. The molecule has 102 valence electrons. The largest absolute Gasteiger partial charge is 0.455 e. The first-order valence-electron chi connectivity index (χ1n) is 5.62. The van der Waals surface area contributed by atoms with Gasteiger partial charge in [0, 0.05) is 13.0 Å². The van der Waals surface area contributed by atoms with E-state index < -0.39 is 0 Å². The Labute approximate surface area is 118 Å². The van der Waals surface area contributed by atoms with Crippen molar-refractivity contribution >= 4 is 34.1 Å². The predicted molar refractivity (Wildman–Crippen MR) is 76.3 cm³/mol. The minimum absolute atomic E-state index is 0.218. The highest BCUT2D eigenvalue weighted by molar-refractivity contribution is 7.97. The number of carbonyl (C=O) groups is 1. The second-order valence-corrected chi connectivity index (χ2v) is 5.70. The minimum Gasteiger partial charge on any atom is -0.455 e. The molecule has 2 rings (SSSR count). The van der Waals surface area contributed by atoms with Crippen molar-refractivity contribution in [2.75, 3.05) is 18.5 Å². The Morgan fingerprint density at radius 1 is 1.53 bits per heavy atom. The zero-order chi connectivity index (χ0) is 13.7. The molecule has 2 aromatic heterocycles. The maximum Gasteiger partial charge on any atom is 0.287 e. The Kier molecular flexibility index (Phi) is 4.80. The summed E-state index contributed by atoms with van der Waals surface area (Å²) in [4.78, 5) is 11.8. The monoisotopic (exact) mass is 298 g/mol. The van der Waals surface area contributed by atoms with Gasteiger partial charge in [0.1, 0.15) is 10.8 Å². The van der Waals surface area contributed by atoms with Crippen molar-refractivity contribution < 1.29 is 9.21 Å². The molecule has 0 aliphatic rings. The summed E-state index contributed by atoms with van der Waals surface area (Å²) in [5.41, 5.74) is 5.47. The lowest BCUT2D eigenvalue weighted by atomic mass is 10.4. The number of furan rings is 1. The average molecular weight is 298 g/mol. The molecular weight excluding hydrogens is 284 g/mol. The fraction of sp³-hybridized carbons (Fsp3) is 0.364. The molecule has 0 fully saturated rings. The number of hydrogen-bond donors (Lipinski definition) is 2. The quantitative estimate of drug-likeness (QED) is 0.840. The Hall–Kier alpha value is -1.54. The third-order valence-electron chi connectivity index (χ3n) is 2.28. The van der Waals surface area contributed by atoms with Crippen LogP contribution in [0.2, 0.25) is 0 Å². The van der Waals surface area contributed by atoms with Crippen LogP contribution in [0.4, 0.5) is 5.13 Å². The van der Waals surface area contributed by atoms with E-state index in [0.717, 1.165) is 16.5 Å². The Bertz CT molecular complexity index is 552. The number of thioether (sulfide) groups is 1. The van der Waals surface area contributed by atoms with E-state index in [-0.39, 0.29) is 5.91 Å². The molecule has 19 heavy (non-hydrogen) atoms. The summed E-state index contributed by atoms with van der Waals surface area (Å²) < 4.78 is 5.41. The zero-order valence-electron chi connectivity index (χ0n) is 10.4. The first-order valence-corrected chi connectivity index (χ1v) is 7.84. The summed E-state index contributed by atoms with van der Waals surface area (Å²) in [5, 5.41) is 11.6. The van der Waals surface area contributed by atoms with Gasteiger partial charge in [-0.25, -0.2) is 0 Å². The number of amides is 1. The van der Waals surface area contributed by atoms with E-state index in [0.29, 0.717) is 23.9 Å². The summed E-state index contributed by atoms with van der Waals surface area (Å²) >= 11 is 2.97. The van der Waals surface area contributed by atoms with Crippen molar-refractivity contribution in [3.8, 4) is 0 Å². The van der Waals surface area contributed by atoms with Gasteiger partial charge >= 0.3 is 0 Å². The van der Waals surface area contributed by atoms with Crippen LogP contribution in [0.1, 0.15) is 21.3 Å². The SMILES string of the molecule is CSCc1ccc(C(=O)NCCc2nnc(N)s2)o1. The number of nitrogen functional groups attached to an aromatic ring is 1. The molecule has 8 heteroatoms. The zero-order valence-corrected chi connectivity index (χ0v) is 12.0. The van der Waals surface area contributed by atoms with Crippen LogP contribution < -0.4 is 11.1 Å². The molecule has 0 aliphatic heterocycles. The van der Waals surface area contributed by atoms with Gasteiger partial charge in [0.2, 0.25) is 5.13 Å². The van der Waals surface area contributed by atoms with Gasteiger partial charge in [0.15, 0.2) is 5.76 Å². The van der Waals surface area contributed by atoms with Crippen molar-refractivity contribution in [3.63, 3.8) is 0 Å². The Balaban J connectivity index is 1.80. The van der Waals surface area contributed by atoms with Crippen LogP contribution in [0, 0.1) is 0 Å². The first kappa shape index (κ1) is 13.9. The van der Waals surface area contributed by atoms with Crippen LogP contribution in [0.25, 0.3) is 0 Å². The van der Waals surface area contributed by atoms with Gasteiger partial charge < -0.3 is 15.5 Å². The van der Waals surface area contributed by atoms with E-state index in [2.05, 4.69) is 15.5 Å². The number of carbonyl (C=O) groups excluding carboxylic acids is 1. The van der Waals surface area contributed by atoms with Crippen LogP contribution in [0.15, 0.2) is 16.5 Å². The molecule has 2 heterocycles. The Morgan fingerprint density at radius 3 is 3.05 bits per heavy atom. The molecule has 1 amide bonds. The van der Waals surface area contributed by atoms with Crippen LogP contribution in [-0.2, 0) is 12.2 Å². The maximum atomic E-state index is 11.8. The molecule has 0 spiro atoms. The van der Waals surface area contributed by atoms with Crippen molar-refractivity contribution in [1.29, 1.82) is 0 Å². The van der Waals surface area contributed by atoms with Gasteiger partial charge in [-0.1, -0.05) is 11.3 Å². The highest BCUT2D eigenvalue weighted by atomic mass is 32.2. The third kappa shape index (κ3) is 3.97. The lowest BCUT2D eigenvalue weighted by molar-refractivity contribution is 0.0925. The molecule has 0 aliphatic carbocycles. The molecular formula is C11H14N4O2S2. The number of anilines is 1. The number of rotatable bonds is 6. The number of nitrogens with one attached hydrogen (secondary N) is 1. The highest BCUT2D eigenvalue weighted by Gasteiger charge is 2.10. The molecule has 0 unspecified atom stereocenters. The molecule has 0 atom stereocenters. The Morgan fingerprint density at radius 2 is 2.37 bits per heavy atom. The van der Waals surface area contributed by atoms with E-state index in [1.54, 1.807) is 17.8 Å². The normalized spacial score (nSPS) is 10.6. The summed E-state index contributed by atoms with van der Waals surface area (Å²) in [6.07, 6.45) is 2.59. The molecule has 0 saturated carbocycles. The molecule has 3 N–H and O–H groups in total. The van der Waals surface area contributed by atoms with E-state index in [1.165, 1.54) is 11.3 Å². The summed E-state index contributed by atoms with van der Waals surface area (Å²) in [6, 6.07) is 3.50. The average Bonchev–Trinajstić information content (AvgIpc) is 2.99. The maximum absolute atomic E-state index is 11.8. The minimum atomic E-state index is -0.218. The van der Waals surface area contributed by atoms with Crippen molar-refractivity contribution in [2.45, 2.75) is 12.2 Å². The van der Waals surface area contributed by atoms with Crippen molar-refractivity contribution in [2.24, 2.45) is 0 Å². The standard InChI is InChI=1S/C11H14N4O2S2/c1-18-6-7-2-3-8(17-7)10(16)13-5-4-9-14-15-11(12)19-9/h2-3H,4-6H2,1H3,(H2,12,15)(H,13,16). The lowest BCUT2D eigenvalue weighted by Crippen LogP contribution is -2.25. The fourth-order valence-corrected chi connectivity index (χ4v) is 2.51. The molecule has 0 bridgehead atoms. The summed E-state index contributed by atoms with van der Waals surface area (Å²) in [5.74, 6) is 1.68. The molecule has 0 radical (unpaired) electrons. The van der Waals surface area contributed by atoms with Crippen LogP contribution in [0.5, 0.6) is 0 Å². The van der Waals surface area contributed by atoms with E-state index in [1.807, 2.05) is 12.3 Å². The van der Waals surface area contributed by atoms with Gasteiger partial charge in [-0.15, -0.1) is 10.2 Å². The highest BCUT2D eigenvalue weighted by Crippen LogP contribution is 2.13. The fourth-order valence-electron chi connectivity index (χ4n) is 1.46. The van der Waals surface area contributed by atoms with Crippen molar-refractivity contribution in [3.05, 3.63) is 28.7 Å². The second kappa shape index (κ2) is 6.58. The number of nitrogens with two attached hydrogens (primary N) is 1. The van der Waals surface area contributed by atoms with Gasteiger partial charge in [0.25, 0.3) is 5.91 Å².